The molecule has 3 rings (SSSR count). The van der Waals surface area contributed by atoms with Crippen LogP contribution in [0.5, 0.6) is 0 Å². The Bertz CT molecular complexity index is 858. The molecule has 0 amide bonds. The number of hydrogen-bond donors (Lipinski definition) is 0. The van der Waals surface area contributed by atoms with Gasteiger partial charge in [0.25, 0.3) is 0 Å². The second-order valence-electron chi connectivity index (χ2n) is 4.39. The molecule has 0 bridgehead atoms. The summed E-state index contributed by atoms with van der Waals surface area (Å²) in [5.74, 6) is -0.0796. The van der Waals surface area contributed by atoms with E-state index in [0.717, 1.165) is 11.0 Å². The Morgan fingerprint density at radius 3 is 2.80 bits per heavy atom. The van der Waals surface area contributed by atoms with Crippen molar-refractivity contribution in [3.8, 4) is 11.8 Å². The number of para-hydroxylation sites is 1. The fraction of sp³-hybridized carbons (Fsp3) is 0.0667. The van der Waals surface area contributed by atoms with Gasteiger partial charge in [-0.2, -0.15) is 5.26 Å². The minimum absolute atomic E-state index is 0.0796. The predicted octanol–water partition coefficient (Wildman–Crippen LogP) is 2.49. The van der Waals surface area contributed by atoms with E-state index in [9.17, 15) is 4.79 Å². The largest absolute Gasteiger partial charge is 0.294 e. The van der Waals surface area contributed by atoms with Crippen molar-refractivity contribution in [1.82, 2.24) is 15.0 Å². The average Bonchev–Trinajstić information content (AvgIpc) is 2.90. The Morgan fingerprint density at radius 2 is 2.05 bits per heavy atom. The van der Waals surface area contributed by atoms with Crippen LogP contribution in [-0.4, -0.2) is 20.8 Å². The maximum atomic E-state index is 11.8. The summed E-state index contributed by atoms with van der Waals surface area (Å²) >= 11 is 0. The number of benzene rings is 2. The first kappa shape index (κ1) is 12.1. The van der Waals surface area contributed by atoms with Crippen molar-refractivity contribution in [1.29, 1.82) is 5.26 Å². The molecule has 1 aromatic heterocycles. The molecular formula is C15H10N4O. The number of ketones is 1. The summed E-state index contributed by atoms with van der Waals surface area (Å²) in [4.78, 5) is 11.8. The number of Topliss-reactive ketones (excluding diaryl/α,β-unsaturated/α-hetero) is 1. The Kier molecular flexibility index (Phi) is 2.77. The van der Waals surface area contributed by atoms with Crippen LogP contribution < -0.4 is 0 Å². The molecule has 0 radical (unpaired) electrons. The van der Waals surface area contributed by atoms with E-state index < -0.39 is 0 Å². The monoisotopic (exact) mass is 262 g/mol. The molecule has 0 aliphatic rings. The van der Waals surface area contributed by atoms with Gasteiger partial charge in [0.1, 0.15) is 5.52 Å². The van der Waals surface area contributed by atoms with Gasteiger partial charge in [0, 0.05) is 5.56 Å². The van der Waals surface area contributed by atoms with E-state index in [0.29, 0.717) is 16.8 Å². The van der Waals surface area contributed by atoms with Crippen molar-refractivity contribution < 1.29 is 4.79 Å². The summed E-state index contributed by atoms with van der Waals surface area (Å²) in [6.45, 7) is 1.49. The first-order valence-corrected chi connectivity index (χ1v) is 6.06. The number of rotatable bonds is 2. The SMILES string of the molecule is CC(=O)c1ccc(C#N)cc1-n1nnc2ccccc21. The average molecular weight is 262 g/mol. The van der Waals surface area contributed by atoms with Crippen LogP contribution in [0.25, 0.3) is 16.7 Å². The molecule has 5 heteroatoms. The number of hydrogen-bond acceptors (Lipinski definition) is 4. The van der Waals surface area contributed by atoms with Crippen molar-refractivity contribution >= 4 is 16.8 Å². The minimum atomic E-state index is -0.0796. The van der Waals surface area contributed by atoms with Gasteiger partial charge >= 0.3 is 0 Å². The Hall–Kier alpha value is -3.00. The standard InChI is InChI=1S/C15H10N4O/c1-10(20)12-7-6-11(9-16)8-15(12)19-14-5-3-2-4-13(14)17-18-19/h2-8H,1H3. The zero-order valence-corrected chi connectivity index (χ0v) is 10.7. The van der Waals surface area contributed by atoms with Gasteiger partial charge in [-0.15, -0.1) is 5.10 Å². The second kappa shape index (κ2) is 4.59. The van der Waals surface area contributed by atoms with Crippen molar-refractivity contribution in [3.05, 3.63) is 53.6 Å². The quantitative estimate of drug-likeness (QED) is 0.665. The number of nitriles is 1. The highest BCUT2D eigenvalue weighted by atomic mass is 16.1. The first-order valence-electron chi connectivity index (χ1n) is 6.06. The molecule has 96 valence electrons. The molecular weight excluding hydrogens is 252 g/mol. The van der Waals surface area contributed by atoms with Crippen LogP contribution in [-0.2, 0) is 0 Å². The molecule has 0 atom stereocenters. The van der Waals surface area contributed by atoms with Crippen LogP contribution >= 0.6 is 0 Å². The van der Waals surface area contributed by atoms with E-state index in [1.165, 1.54) is 6.92 Å². The lowest BCUT2D eigenvalue weighted by Crippen LogP contribution is -2.05. The van der Waals surface area contributed by atoms with Crippen molar-refractivity contribution in [2.45, 2.75) is 6.92 Å². The highest BCUT2D eigenvalue weighted by molar-refractivity contribution is 5.98. The summed E-state index contributed by atoms with van der Waals surface area (Å²) in [5, 5.41) is 17.2. The molecule has 0 saturated carbocycles. The van der Waals surface area contributed by atoms with Crippen molar-refractivity contribution in [3.63, 3.8) is 0 Å². The van der Waals surface area contributed by atoms with Crippen LogP contribution in [0.1, 0.15) is 22.8 Å². The highest BCUT2D eigenvalue weighted by Gasteiger charge is 2.13. The van der Waals surface area contributed by atoms with Gasteiger partial charge in [-0.25, -0.2) is 4.68 Å². The van der Waals surface area contributed by atoms with Crippen LogP contribution in [0.3, 0.4) is 0 Å². The summed E-state index contributed by atoms with van der Waals surface area (Å²) in [6, 6.07) is 14.5. The van der Waals surface area contributed by atoms with Gasteiger partial charge in [0.05, 0.1) is 22.8 Å². The normalized spacial score (nSPS) is 10.4. The van der Waals surface area contributed by atoms with E-state index >= 15 is 0 Å². The number of fused-ring (bicyclic) bond motifs is 1. The second-order valence-corrected chi connectivity index (χ2v) is 4.39. The molecule has 20 heavy (non-hydrogen) atoms. The van der Waals surface area contributed by atoms with E-state index in [2.05, 4.69) is 16.4 Å². The topological polar surface area (TPSA) is 71.6 Å². The van der Waals surface area contributed by atoms with Gasteiger partial charge in [-0.1, -0.05) is 17.3 Å². The maximum Gasteiger partial charge on any atom is 0.161 e. The third kappa shape index (κ3) is 1.84. The molecule has 0 fully saturated rings. The van der Waals surface area contributed by atoms with E-state index in [4.69, 9.17) is 5.26 Å². The minimum Gasteiger partial charge on any atom is -0.294 e. The van der Waals surface area contributed by atoms with Crippen LogP contribution in [0.4, 0.5) is 0 Å². The fourth-order valence-corrected chi connectivity index (χ4v) is 2.12. The number of carbonyl (C=O) groups excluding carboxylic acids is 1. The lowest BCUT2D eigenvalue weighted by Gasteiger charge is -2.07. The van der Waals surface area contributed by atoms with Gasteiger partial charge < -0.3 is 0 Å². The zero-order chi connectivity index (χ0) is 14.1. The first-order chi connectivity index (χ1) is 9.70. The Labute approximate surface area is 115 Å². The van der Waals surface area contributed by atoms with Crippen molar-refractivity contribution in [2.75, 3.05) is 0 Å². The Morgan fingerprint density at radius 1 is 1.25 bits per heavy atom. The summed E-state index contributed by atoms with van der Waals surface area (Å²) in [5.41, 5.74) is 3.10. The van der Waals surface area contributed by atoms with Gasteiger partial charge in [0.2, 0.25) is 0 Å². The molecule has 2 aromatic carbocycles. The third-order valence-electron chi connectivity index (χ3n) is 3.09. The molecule has 0 unspecified atom stereocenters. The van der Waals surface area contributed by atoms with E-state index in [1.807, 2.05) is 24.3 Å². The fourth-order valence-electron chi connectivity index (χ4n) is 2.12. The summed E-state index contributed by atoms with van der Waals surface area (Å²) in [7, 11) is 0. The summed E-state index contributed by atoms with van der Waals surface area (Å²) in [6.07, 6.45) is 0. The number of carbonyl (C=O) groups is 1. The highest BCUT2D eigenvalue weighted by Crippen LogP contribution is 2.21. The van der Waals surface area contributed by atoms with Gasteiger partial charge in [0.15, 0.2) is 5.78 Å². The molecule has 1 heterocycles. The van der Waals surface area contributed by atoms with E-state index in [-0.39, 0.29) is 5.78 Å². The molecule has 0 spiro atoms. The van der Waals surface area contributed by atoms with Crippen LogP contribution in [0.2, 0.25) is 0 Å². The number of nitrogens with zero attached hydrogens (tertiary/aromatic N) is 4. The number of aromatic nitrogens is 3. The molecule has 0 aliphatic heterocycles. The molecule has 5 nitrogen and oxygen atoms in total. The zero-order valence-electron chi connectivity index (χ0n) is 10.7. The summed E-state index contributed by atoms with van der Waals surface area (Å²) < 4.78 is 1.59. The molecule has 3 aromatic rings. The lowest BCUT2D eigenvalue weighted by molar-refractivity contribution is 0.101. The maximum absolute atomic E-state index is 11.8. The van der Waals surface area contributed by atoms with Gasteiger partial charge in [-0.3, -0.25) is 4.79 Å². The molecule has 0 N–H and O–H groups in total. The van der Waals surface area contributed by atoms with Gasteiger partial charge in [-0.05, 0) is 37.3 Å². The van der Waals surface area contributed by atoms with E-state index in [1.54, 1.807) is 22.9 Å². The van der Waals surface area contributed by atoms with Crippen LogP contribution in [0, 0.1) is 11.3 Å². The van der Waals surface area contributed by atoms with Crippen LogP contribution in [0.15, 0.2) is 42.5 Å². The third-order valence-corrected chi connectivity index (χ3v) is 3.09. The predicted molar refractivity (Wildman–Crippen MR) is 73.6 cm³/mol. The van der Waals surface area contributed by atoms with Crippen molar-refractivity contribution in [2.24, 2.45) is 0 Å². The lowest BCUT2D eigenvalue weighted by atomic mass is 10.1. The Balaban J connectivity index is 2.33. The smallest absolute Gasteiger partial charge is 0.161 e. The molecule has 0 aliphatic carbocycles. The molecule has 0 saturated heterocycles.